The Morgan fingerprint density at radius 3 is 2.21 bits per heavy atom. The number of fused-ring (bicyclic) bond motifs is 5. The molecule has 0 fully saturated rings. The number of nitrogens with two attached hydrogens (primary N) is 1. The normalized spacial score (nSPS) is 17.1. The molecule has 0 saturated heterocycles. The summed E-state index contributed by atoms with van der Waals surface area (Å²) in [6, 6.07) is 48.1. The summed E-state index contributed by atoms with van der Waals surface area (Å²) < 4.78 is 0. The van der Waals surface area contributed by atoms with Gasteiger partial charge in [0.15, 0.2) is 11.5 Å². The first kappa shape index (κ1) is 28.9. The molecule has 1 aliphatic heterocycles. The van der Waals surface area contributed by atoms with Crippen molar-refractivity contribution in [3.8, 4) is 33.9 Å². The summed E-state index contributed by atoms with van der Waals surface area (Å²) >= 11 is 1.34. The van der Waals surface area contributed by atoms with Crippen molar-refractivity contribution in [1.29, 1.82) is 0 Å². The number of allylic oxidation sites excluding steroid dienone is 4. The molecule has 2 unspecified atom stereocenters. The zero-order valence-corrected chi connectivity index (χ0v) is 27.6. The molecule has 0 amide bonds. The summed E-state index contributed by atoms with van der Waals surface area (Å²) in [5.41, 5.74) is 10.4. The van der Waals surface area contributed by atoms with Crippen LogP contribution in [0.5, 0.6) is 0 Å². The maximum Gasteiger partial charge on any atom is 0.272 e. The van der Waals surface area contributed by atoms with E-state index < -0.39 is 0 Å². The van der Waals surface area contributed by atoms with Crippen molar-refractivity contribution in [1.82, 2.24) is 9.97 Å². The predicted octanol–water partition coefficient (Wildman–Crippen LogP) is 9.84. The number of aromatic nitrogens is 2. The van der Waals surface area contributed by atoms with Crippen LogP contribution in [0.15, 0.2) is 157 Å². The van der Waals surface area contributed by atoms with Gasteiger partial charge in [-0.3, -0.25) is 5.32 Å². The van der Waals surface area contributed by atoms with Crippen LogP contribution < -0.4 is 5.32 Å². The van der Waals surface area contributed by atoms with Gasteiger partial charge in [0, 0.05) is 22.8 Å². The SMILES string of the molecule is CC1CC=CC=C1c1cccc(-c2cc(-c3ccccc3)nc(-c3ccc4c(ccc5ccc6c(c54)[NH2+]C(c4ccccc4)[SH+]6)c3)n2)c1. The van der Waals surface area contributed by atoms with Crippen LogP contribution in [0.3, 0.4) is 0 Å². The van der Waals surface area contributed by atoms with Gasteiger partial charge >= 0.3 is 0 Å². The van der Waals surface area contributed by atoms with E-state index >= 15 is 0 Å². The highest BCUT2D eigenvalue weighted by molar-refractivity contribution is 7.79. The smallest absolute Gasteiger partial charge is 0.261 e. The van der Waals surface area contributed by atoms with E-state index in [-0.39, 0.29) is 0 Å². The lowest BCUT2D eigenvalue weighted by Crippen LogP contribution is -2.77. The van der Waals surface area contributed by atoms with E-state index in [4.69, 9.17) is 9.97 Å². The molecule has 48 heavy (non-hydrogen) atoms. The van der Waals surface area contributed by atoms with Crippen LogP contribution in [0.2, 0.25) is 0 Å². The summed E-state index contributed by atoms with van der Waals surface area (Å²) in [5.74, 6) is 1.22. The molecule has 230 valence electrons. The fourth-order valence-electron chi connectivity index (χ4n) is 7.22. The Balaban J connectivity index is 1.16. The molecule has 0 bridgehead atoms. The first-order chi connectivity index (χ1) is 23.7. The molecule has 3 nitrogen and oxygen atoms in total. The van der Waals surface area contributed by atoms with Crippen molar-refractivity contribution in [2.45, 2.75) is 23.6 Å². The van der Waals surface area contributed by atoms with Gasteiger partial charge in [-0.15, -0.1) is 0 Å². The molecule has 2 atom stereocenters. The molecule has 9 rings (SSSR count). The summed E-state index contributed by atoms with van der Waals surface area (Å²) in [6.45, 7) is 2.30. The molecule has 2 N–H and O–H groups in total. The van der Waals surface area contributed by atoms with Gasteiger partial charge in [0.25, 0.3) is 5.37 Å². The molecule has 0 saturated carbocycles. The second-order valence-corrected chi connectivity index (χ2v) is 14.1. The Bertz CT molecular complexity index is 2400. The minimum Gasteiger partial charge on any atom is -0.261 e. The van der Waals surface area contributed by atoms with Crippen LogP contribution in [0.1, 0.15) is 29.8 Å². The van der Waals surface area contributed by atoms with E-state index in [0.29, 0.717) is 11.3 Å². The minimum absolute atomic E-state index is 0.376. The molecule has 7 aromatic rings. The number of hydrogen-bond acceptors (Lipinski definition) is 2. The Kier molecular flexibility index (Phi) is 7.26. The van der Waals surface area contributed by atoms with Crippen molar-refractivity contribution in [2.75, 3.05) is 0 Å². The molecule has 0 spiro atoms. The van der Waals surface area contributed by atoms with E-state index in [2.05, 4.69) is 158 Å². The summed E-state index contributed by atoms with van der Waals surface area (Å²) in [6.07, 6.45) is 7.74. The second-order valence-electron chi connectivity index (χ2n) is 12.8. The lowest BCUT2D eigenvalue weighted by Gasteiger charge is -2.18. The highest BCUT2D eigenvalue weighted by atomic mass is 32.2. The molecular formula is C44H35N3S+2. The predicted molar refractivity (Wildman–Crippen MR) is 202 cm³/mol. The topological polar surface area (TPSA) is 42.4 Å². The Hall–Kier alpha value is -5.29. The second kappa shape index (κ2) is 12.1. The van der Waals surface area contributed by atoms with Crippen molar-refractivity contribution >= 4 is 44.6 Å². The third kappa shape index (κ3) is 5.24. The third-order valence-corrected chi connectivity index (χ3v) is 11.1. The van der Waals surface area contributed by atoms with Gasteiger partial charge in [-0.2, -0.15) is 0 Å². The number of hydrogen-bond donors (Lipinski definition) is 1. The van der Waals surface area contributed by atoms with Crippen LogP contribution in [0.25, 0.3) is 61.0 Å². The van der Waals surface area contributed by atoms with Crippen molar-refractivity contribution in [2.24, 2.45) is 5.92 Å². The standard InChI is InChI=1S/C44H33N3S/c1-28-11-8-9-18-36(28)32-16-10-17-34(25-32)39-27-38(29-12-4-2-5-13-29)45-43(46-39)35-21-23-37-33(26-35)20-19-30-22-24-40-42(41(30)37)47-44(48-40)31-14-6-3-7-15-31/h2-10,12-28,44,47H,11H2,1H3/p+2. The molecule has 1 aromatic heterocycles. The minimum atomic E-state index is 0.376. The summed E-state index contributed by atoms with van der Waals surface area (Å²) in [4.78, 5) is 11.8. The molecular weight excluding hydrogens is 603 g/mol. The van der Waals surface area contributed by atoms with Crippen LogP contribution in [-0.2, 0) is 11.8 Å². The van der Waals surface area contributed by atoms with Crippen LogP contribution in [-0.4, -0.2) is 9.97 Å². The quantitative estimate of drug-likeness (QED) is 0.0884. The largest absolute Gasteiger partial charge is 0.272 e. The lowest BCUT2D eigenvalue weighted by atomic mass is 9.87. The first-order valence-electron chi connectivity index (χ1n) is 16.7. The van der Waals surface area contributed by atoms with Crippen LogP contribution in [0, 0.1) is 5.92 Å². The van der Waals surface area contributed by atoms with Crippen molar-refractivity contribution in [3.05, 3.63) is 163 Å². The summed E-state index contributed by atoms with van der Waals surface area (Å²) in [5, 5.41) is 7.92. The number of benzene rings is 6. The molecule has 0 radical (unpaired) electrons. The van der Waals surface area contributed by atoms with Crippen LogP contribution >= 0.6 is 0 Å². The van der Waals surface area contributed by atoms with E-state index in [0.717, 1.165) is 40.3 Å². The first-order valence-corrected chi connectivity index (χ1v) is 17.7. The van der Waals surface area contributed by atoms with E-state index in [1.165, 1.54) is 60.6 Å². The maximum absolute atomic E-state index is 5.22. The zero-order valence-electron chi connectivity index (χ0n) is 26.7. The molecule has 6 aromatic carbocycles. The van der Waals surface area contributed by atoms with Crippen molar-refractivity contribution in [3.63, 3.8) is 0 Å². The number of quaternary nitrogens is 1. The van der Waals surface area contributed by atoms with Gasteiger partial charge in [0.2, 0.25) is 4.90 Å². The average molecular weight is 638 g/mol. The molecule has 1 aliphatic carbocycles. The monoisotopic (exact) mass is 637 g/mol. The Labute approximate surface area is 285 Å². The maximum atomic E-state index is 5.22. The average Bonchev–Trinajstić information content (AvgIpc) is 3.60. The van der Waals surface area contributed by atoms with Gasteiger partial charge < -0.3 is 0 Å². The fourth-order valence-corrected chi connectivity index (χ4v) is 8.56. The van der Waals surface area contributed by atoms with Crippen molar-refractivity contribution < 1.29 is 5.32 Å². The van der Waals surface area contributed by atoms with Gasteiger partial charge in [0.1, 0.15) is 0 Å². The molecule has 2 aliphatic rings. The fraction of sp³-hybridized carbons (Fsp3) is 0.0909. The zero-order chi connectivity index (χ0) is 32.0. The number of nitrogens with zero attached hydrogens (tertiary/aromatic N) is 2. The highest BCUT2D eigenvalue weighted by Gasteiger charge is 2.37. The molecule has 2 heterocycles. The van der Waals surface area contributed by atoms with Gasteiger partial charge in [-0.1, -0.05) is 116 Å². The Morgan fingerprint density at radius 2 is 1.38 bits per heavy atom. The van der Waals surface area contributed by atoms with Gasteiger partial charge in [-0.05, 0) is 76.0 Å². The Morgan fingerprint density at radius 1 is 0.646 bits per heavy atom. The third-order valence-electron chi connectivity index (χ3n) is 9.74. The number of rotatable bonds is 5. The van der Waals surface area contributed by atoms with E-state index in [1.54, 1.807) is 0 Å². The molecule has 4 heteroatoms. The van der Waals surface area contributed by atoms with E-state index in [9.17, 15) is 0 Å². The van der Waals surface area contributed by atoms with Gasteiger partial charge in [-0.25, -0.2) is 9.97 Å². The van der Waals surface area contributed by atoms with E-state index in [1.807, 2.05) is 6.07 Å². The number of thiol groups is 1. The summed E-state index contributed by atoms with van der Waals surface area (Å²) in [7, 11) is 0. The van der Waals surface area contributed by atoms with Gasteiger partial charge in [0.05, 0.1) is 34.1 Å². The highest BCUT2D eigenvalue weighted by Crippen LogP contribution is 2.39. The lowest BCUT2D eigenvalue weighted by molar-refractivity contribution is -0.588. The van der Waals surface area contributed by atoms with Crippen LogP contribution in [0.4, 0.5) is 5.69 Å².